The lowest BCUT2D eigenvalue weighted by Crippen LogP contribution is -2.41. The van der Waals surface area contributed by atoms with E-state index in [0.29, 0.717) is 11.4 Å². The van der Waals surface area contributed by atoms with Crippen molar-refractivity contribution >= 4 is 21.6 Å². The molecule has 2 aromatic carbocycles. The second-order valence-electron chi connectivity index (χ2n) is 7.13. The topological polar surface area (TPSA) is 75.7 Å². The van der Waals surface area contributed by atoms with Gasteiger partial charge >= 0.3 is 0 Å². The fourth-order valence-corrected chi connectivity index (χ4v) is 3.58. The molecule has 0 fully saturated rings. The van der Waals surface area contributed by atoms with Gasteiger partial charge in [0.05, 0.1) is 24.1 Å². The van der Waals surface area contributed by atoms with Crippen molar-refractivity contribution in [3.63, 3.8) is 0 Å². The maximum Gasteiger partial charge on any atom is 0.241 e. The normalized spacial score (nSPS) is 12.5. The Morgan fingerprint density at radius 2 is 1.61 bits per heavy atom. The van der Waals surface area contributed by atoms with E-state index in [-0.39, 0.29) is 24.6 Å². The number of rotatable bonds is 8. The van der Waals surface area contributed by atoms with Gasteiger partial charge in [0.2, 0.25) is 15.9 Å². The molecule has 1 atom stereocenters. The molecular formula is C21H28N2O4S. The summed E-state index contributed by atoms with van der Waals surface area (Å²) in [5.74, 6) is 0.269. The summed E-state index contributed by atoms with van der Waals surface area (Å²) >= 11 is 0. The van der Waals surface area contributed by atoms with Crippen LogP contribution in [0.15, 0.2) is 48.5 Å². The summed E-state index contributed by atoms with van der Waals surface area (Å²) in [6.45, 7) is 7.39. The van der Waals surface area contributed by atoms with Crippen LogP contribution in [0, 0.1) is 6.92 Å². The molecular weight excluding hydrogens is 376 g/mol. The SMILES string of the molecule is Cc1ccc([C@H](C)NC(=O)CN(c2ccc(OC(C)C)cc2)S(C)(=O)=O)cc1. The number of benzene rings is 2. The van der Waals surface area contributed by atoms with Crippen LogP contribution in [0.25, 0.3) is 0 Å². The van der Waals surface area contributed by atoms with Crippen molar-refractivity contribution in [1.29, 1.82) is 0 Å². The van der Waals surface area contributed by atoms with Crippen LogP contribution in [0.2, 0.25) is 0 Å². The first-order valence-corrected chi connectivity index (χ1v) is 11.0. The number of nitrogens with one attached hydrogen (secondary N) is 1. The molecule has 28 heavy (non-hydrogen) atoms. The molecule has 0 radical (unpaired) electrons. The minimum Gasteiger partial charge on any atom is -0.491 e. The van der Waals surface area contributed by atoms with E-state index in [0.717, 1.165) is 21.7 Å². The average molecular weight is 405 g/mol. The Labute approximate surface area is 167 Å². The van der Waals surface area contributed by atoms with Gasteiger partial charge in [-0.05, 0) is 57.5 Å². The van der Waals surface area contributed by atoms with Gasteiger partial charge in [-0.1, -0.05) is 29.8 Å². The van der Waals surface area contributed by atoms with Gasteiger partial charge in [-0.25, -0.2) is 8.42 Å². The molecule has 0 aromatic heterocycles. The maximum atomic E-state index is 12.5. The van der Waals surface area contributed by atoms with Crippen molar-refractivity contribution < 1.29 is 17.9 Å². The molecule has 6 nitrogen and oxygen atoms in total. The number of anilines is 1. The summed E-state index contributed by atoms with van der Waals surface area (Å²) in [6, 6.07) is 14.3. The van der Waals surface area contributed by atoms with E-state index < -0.39 is 10.0 Å². The van der Waals surface area contributed by atoms with Crippen molar-refractivity contribution in [3.05, 3.63) is 59.7 Å². The number of hydrogen-bond acceptors (Lipinski definition) is 4. The number of amides is 1. The van der Waals surface area contributed by atoms with Crippen LogP contribution in [0.5, 0.6) is 5.75 Å². The molecule has 1 N–H and O–H groups in total. The average Bonchev–Trinajstić information content (AvgIpc) is 2.59. The number of ether oxygens (including phenoxy) is 1. The lowest BCUT2D eigenvalue weighted by atomic mass is 10.1. The molecule has 0 aliphatic heterocycles. The van der Waals surface area contributed by atoms with Crippen molar-refractivity contribution in [3.8, 4) is 5.75 Å². The predicted molar refractivity (Wildman–Crippen MR) is 112 cm³/mol. The van der Waals surface area contributed by atoms with Crippen LogP contribution in [0.3, 0.4) is 0 Å². The number of sulfonamides is 1. The zero-order chi connectivity index (χ0) is 20.9. The van der Waals surface area contributed by atoms with Crippen LogP contribution in [-0.4, -0.2) is 33.2 Å². The van der Waals surface area contributed by atoms with Crippen molar-refractivity contribution in [2.75, 3.05) is 17.1 Å². The molecule has 2 rings (SSSR count). The van der Waals surface area contributed by atoms with E-state index in [1.54, 1.807) is 24.3 Å². The molecule has 0 saturated heterocycles. The Hall–Kier alpha value is -2.54. The zero-order valence-corrected chi connectivity index (χ0v) is 17.8. The van der Waals surface area contributed by atoms with E-state index in [1.807, 2.05) is 52.0 Å². The second kappa shape index (κ2) is 9.10. The Kier molecular flexibility index (Phi) is 7.07. The van der Waals surface area contributed by atoms with E-state index in [9.17, 15) is 13.2 Å². The van der Waals surface area contributed by atoms with Crippen LogP contribution >= 0.6 is 0 Å². The number of carbonyl (C=O) groups is 1. The molecule has 0 saturated carbocycles. The summed E-state index contributed by atoms with van der Waals surface area (Å²) in [5, 5.41) is 2.86. The van der Waals surface area contributed by atoms with Crippen molar-refractivity contribution in [2.45, 2.75) is 39.8 Å². The zero-order valence-electron chi connectivity index (χ0n) is 17.0. The van der Waals surface area contributed by atoms with E-state index in [4.69, 9.17) is 4.74 Å². The first-order valence-electron chi connectivity index (χ1n) is 9.16. The highest BCUT2D eigenvalue weighted by Crippen LogP contribution is 2.22. The largest absolute Gasteiger partial charge is 0.491 e. The highest BCUT2D eigenvalue weighted by molar-refractivity contribution is 7.92. The Bertz CT molecular complexity index is 891. The van der Waals surface area contributed by atoms with Crippen LogP contribution in [0.4, 0.5) is 5.69 Å². The van der Waals surface area contributed by atoms with Crippen LogP contribution < -0.4 is 14.4 Å². The van der Waals surface area contributed by atoms with Gasteiger partial charge in [0.1, 0.15) is 12.3 Å². The predicted octanol–water partition coefficient (Wildman–Crippen LogP) is 3.43. The molecule has 152 valence electrons. The molecule has 2 aromatic rings. The minimum absolute atomic E-state index is 0.0194. The third kappa shape index (κ3) is 6.27. The quantitative estimate of drug-likeness (QED) is 0.731. The van der Waals surface area contributed by atoms with Crippen LogP contribution in [0.1, 0.15) is 37.9 Å². The molecule has 1 amide bonds. The van der Waals surface area contributed by atoms with Crippen LogP contribution in [-0.2, 0) is 14.8 Å². The fraction of sp³-hybridized carbons (Fsp3) is 0.381. The summed E-state index contributed by atoms with van der Waals surface area (Å²) in [7, 11) is -3.62. The van der Waals surface area contributed by atoms with Crippen molar-refractivity contribution in [2.24, 2.45) is 0 Å². The summed E-state index contributed by atoms with van der Waals surface area (Å²) in [5.41, 5.74) is 2.51. The van der Waals surface area contributed by atoms with Gasteiger partial charge in [0.15, 0.2) is 0 Å². The number of nitrogens with zero attached hydrogens (tertiary/aromatic N) is 1. The smallest absolute Gasteiger partial charge is 0.241 e. The molecule has 0 unspecified atom stereocenters. The van der Waals surface area contributed by atoms with E-state index >= 15 is 0 Å². The van der Waals surface area contributed by atoms with Crippen molar-refractivity contribution in [1.82, 2.24) is 5.32 Å². The van der Waals surface area contributed by atoms with Gasteiger partial charge in [-0.2, -0.15) is 0 Å². The first kappa shape index (κ1) is 21.8. The highest BCUT2D eigenvalue weighted by atomic mass is 32.2. The molecule has 7 heteroatoms. The molecule has 0 aliphatic rings. The lowest BCUT2D eigenvalue weighted by Gasteiger charge is -2.23. The van der Waals surface area contributed by atoms with Gasteiger partial charge in [-0.15, -0.1) is 0 Å². The third-order valence-corrected chi connectivity index (χ3v) is 5.28. The minimum atomic E-state index is -3.62. The van der Waals surface area contributed by atoms with Gasteiger partial charge in [-0.3, -0.25) is 9.10 Å². The second-order valence-corrected chi connectivity index (χ2v) is 9.04. The number of carbonyl (C=O) groups excluding carboxylic acids is 1. The Balaban J connectivity index is 2.11. The van der Waals surface area contributed by atoms with E-state index in [2.05, 4.69) is 5.32 Å². The van der Waals surface area contributed by atoms with Gasteiger partial charge < -0.3 is 10.1 Å². The molecule has 0 aliphatic carbocycles. The summed E-state index contributed by atoms with van der Waals surface area (Å²) in [6.07, 6.45) is 1.10. The number of aryl methyl sites for hydroxylation is 1. The Morgan fingerprint density at radius 1 is 1.04 bits per heavy atom. The highest BCUT2D eigenvalue weighted by Gasteiger charge is 2.22. The standard InChI is InChI=1S/C21H28N2O4S/c1-15(2)27-20-12-10-19(11-13-20)23(28(5,25)26)14-21(24)22-17(4)18-8-6-16(3)7-9-18/h6-13,15,17H,14H2,1-5H3,(H,22,24)/t17-/m0/s1. The first-order chi connectivity index (χ1) is 13.1. The third-order valence-electron chi connectivity index (χ3n) is 4.14. The summed E-state index contributed by atoms with van der Waals surface area (Å²) < 4.78 is 31.1. The monoisotopic (exact) mass is 404 g/mol. The van der Waals surface area contributed by atoms with Gasteiger partial charge in [0.25, 0.3) is 0 Å². The fourth-order valence-electron chi connectivity index (χ4n) is 2.72. The molecule has 0 spiro atoms. The Morgan fingerprint density at radius 3 is 2.11 bits per heavy atom. The summed E-state index contributed by atoms with van der Waals surface area (Å²) in [4.78, 5) is 12.5. The molecule has 0 bridgehead atoms. The lowest BCUT2D eigenvalue weighted by molar-refractivity contribution is -0.120. The number of hydrogen-bond donors (Lipinski definition) is 1. The van der Waals surface area contributed by atoms with E-state index in [1.165, 1.54) is 0 Å². The maximum absolute atomic E-state index is 12.5. The van der Waals surface area contributed by atoms with Gasteiger partial charge in [0, 0.05) is 0 Å². The molecule has 0 heterocycles.